The second-order valence-corrected chi connectivity index (χ2v) is 6.86. The Kier molecular flexibility index (Phi) is 6.95. The van der Waals surface area contributed by atoms with Gasteiger partial charge in [0.2, 0.25) is 5.75 Å². The van der Waals surface area contributed by atoms with E-state index in [4.69, 9.17) is 18.9 Å². The number of likely N-dealkylation sites (N-methyl/N-ethyl adjacent to an activating group) is 1. The number of benzene rings is 2. The molecule has 0 fully saturated rings. The van der Waals surface area contributed by atoms with E-state index in [9.17, 15) is 9.59 Å². The van der Waals surface area contributed by atoms with Gasteiger partial charge in [0.15, 0.2) is 18.1 Å². The third-order valence-corrected chi connectivity index (χ3v) is 4.69. The first-order chi connectivity index (χ1) is 14.5. The summed E-state index contributed by atoms with van der Waals surface area (Å²) in [5, 5.41) is 0. The number of nitrogens with zero attached hydrogens (tertiary/aromatic N) is 1. The molecule has 2 aromatic rings. The van der Waals surface area contributed by atoms with Crippen molar-refractivity contribution in [1.82, 2.24) is 4.90 Å². The highest BCUT2D eigenvalue weighted by Crippen LogP contribution is 2.40. The summed E-state index contributed by atoms with van der Waals surface area (Å²) < 4.78 is 21.5. The smallest absolute Gasteiger partial charge is 0.331 e. The molecular formula is C23H25NO6. The molecule has 0 atom stereocenters. The Labute approximate surface area is 175 Å². The SMILES string of the molecule is COc1cc(/C=C/C(=O)OCC(=O)N(C)Cc2ccccc2C)cc2c1OCCO2. The quantitative estimate of drug-likeness (QED) is 0.515. The van der Waals surface area contributed by atoms with Gasteiger partial charge in [0.1, 0.15) is 13.2 Å². The Morgan fingerprint density at radius 3 is 2.70 bits per heavy atom. The minimum Gasteiger partial charge on any atom is -0.493 e. The average Bonchev–Trinajstić information content (AvgIpc) is 2.76. The maximum atomic E-state index is 12.3. The summed E-state index contributed by atoms with van der Waals surface area (Å²) in [4.78, 5) is 25.8. The maximum Gasteiger partial charge on any atom is 0.331 e. The van der Waals surface area contributed by atoms with Gasteiger partial charge in [0.05, 0.1) is 7.11 Å². The van der Waals surface area contributed by atoms with E-state index in [0.29, 0.717) is 42.6 Å². The second-order valence-electron chi connectivity index (χ2n) is 6.86. The molecule has 0 saturated heterocycles. The number of hydrogen-bond donors (Lipinski definition) is 0. The fraction of sp³-hybridized carbons (Fsp3) is 0.304. The van der Waals surface area contributed by atoms with E-state index in [2.05, 4.69) is 0 Å². The van der Waals surface area contributed by atoms with Gasteiger partial charge in [-0.15, -0.1) is 0 Å². The molecule has 158 valence electrons. The van der Waals surface area contributed by atoms with E-state index in [1.165, 1.54) is 18.1 Å². The number of rotatable bonds is 7. The molecule has 3 rings (SSSR count). The van der Waals surface area contributed by atoms with E-state index in [1.54, 1.807) is 25.3 Å². The zero-order chi connectivity index (χ0) is 21.5. The molecule has 7 heteroatoms. The van der Waals surface area contributed by atoms with Crippen LogP contribution in [0.2, 0.25) is 0 Å². The molecule has 0 aromatic heterocycles. The minimum absolute atomic E-state index is 0.277. The van der Waals surface area contributed by atoms with Gasteiger partial charge in [0.25, 0.3) is 5.91 Å². The normalized spacial score (nSPS) is 12.5. The standard InChI is InChI=1S/C23H25NO6/c1-16-6-4-5-7-18(16)14-24(2)21(25)15-30-22(26)9-8-17-12-19(27-3)23-20(13-17)28-10-11-29-23/h4-9,12-13H,10-11,14-15H2,1-3H3/b9-8+. The van der Waals surface area contributed by atoms with E-state index in [0.717, 1.165) is 11.1 Å². The van der Waals surface area contributed by atoms with Crippen LogP contribution in [-0.4, -0.2) is 50.8 Å². The van der Waals surface area contributed by atoms with Crippen LogP contribution in [0.4, 0.5) is 0 Å². The average molecular weight is 411 g/mol. The number of fused-ring (bicyclic) bond motifs is 1. The Morgan fingerprint density at radius 2 is 1.93 bits per heavy atom. The highest BCUT2D eigenvalue weighted by atomic mass is 16.6. The molecule has 7 nitrogen and oxygen atoms in total. The van der Waals surface area contributed by atoms with Crippen molar-refractivity contribution in [3.05, 3.63) is 59.2 Å². The lowest BCUT2D eigenvalue weighted by Gasteiger charge is -2.20. The number of carbonyl (C=O) groups is 2. The largest absolute Gasteiger partial charge is 0.493 e. The Hall–Kier alpha value is -3.48. The monoisotopic (exact) mass is 411 g/mol. The summed E-state index contributed by atoms with van der Waals surface area (Å²) in [7, 11) is 3.22. The topological polar surface area (TPSA) is 74.3 Å². The van der Waals surface area contributed by atoms with Crippen molar-refractivity contribution in [3.63, 3.8) is 0 Å². The lowest BCUT2D eigenvalue weighted by molar-refractivity contribution is -0.147. The molecule has 0 saturated carbocycles. The predicted octanol–water partition coefficient (Wildman–Crippen LogP) is 2.99. The first-order valence-electron chi connectivity index (χ1n) is 9.59. The van der Waals surface area contributed by atoms with E-state index in [-0.39, 0.29) is 12.5 Å². The van der Waals surface area contributed by atoms with Crippen LogP contribution in [0.15, 0.2) is 42.5 Å². The summed E-state index contributed by atoms with van der Waals surface area (Å²) in [6, 6.07) is 11.3. The van der Waals surface area contributed by atoms with E-state index >= 15 is 0 Å². The van der Waals surface area contributed by atoms with Crippen molar-refractivity contribution >= 4 is 18.0 Å². The molecular weight excluding hydrogens is 386 g/mol. The number of methoxy groups -OCH3 is 1. The molecule has 0 aliphatic carbocycles. The van der Waals surface area contributed by atoms with Crippen molar-refractivity contribution in [2.75, 3.05) is 34.0 Å². The van der Waals surface area contributed by atoms with E-state index < -0.39 is 5.97 Å². The summed E-state index contributed by atoms with van der Waals surface area (Å²) in [6.07, 6.45) is 2.84. The Bertz CT molecular complexity index is 935. The van der Waals surface area contributed by atoms with Crippen molar-refractivity contribution in [2.24, 2.45) is 0 Å². The molecule has 1 aliphatic rings. The molecule has 30 heavy (non-hydrogen) atoms. The van der Waals surface area contributed by atoms with Crippen LogP contribution in [0, 0.1) is 6.92 Å². The first kappa shape index (κ1) is 21.2. The molecule has 1 amide bonds. The van der Waals surface area contributed by atoms with Crippen LogP contribution in [0.5, 0.6) is 17.2 Å². The summed E-state index contributed by atoms with van der Waals surface area (Å²) in [5.41, 5.74) is 2.84. The first-order valence-corrected chi connectivity index (χ1v) is 9.59. The number of ether oxygens (including phenoxy) is 4. The van der Waals surface area contributed by atoms with Crippen molar-refractivity contribution in [3.8, 4) is 17.2 Å². The van der Waals surface area contributed by atoms with Gasteiger partial charge in [-0.3, -0.25) is 4.79 Å². The van der Waals surface area contributed by atoms with Gasteiger partial charge in [-0.25, -0.2) is 4.79 Å². The fourth-order valence-electron chi connectivity index (χ4n) is 2.98. The lowest BCUT2D eigenvalue weighted by Crippen LogP contribution is -2.30. The number of aryl methyl sites for hydroxylation is 1. The van der Waals surface area contributed by atoms with Crippen LogP contribution in [0.25, 0.3) is 6.08 Å². The van der Waals surface area contributed by atoms with Gasteiger partial charge >= 0.3 is 5.97 Å². The second kappa shape index (κ2) is 9.82. The zero-order valence-electron chi connectivity index (χ0n) is 17.3. The highest BCUT2D eigenvalue weighted by Gasteiger charge is 2.18. The van der Waals surface area contributed by atoms with Crippen molar-refractivity contribution < 1.29 is 28.5 Å². The molecule has 1 heterocycles. The molecule has 0 N–H and O–H groups in total. The summed E-state index contributed by atoms with van der Waals surface area (Å²) >= 11 is 0. The Balaban J connectivity index is 1.54. The van der Waals surface area contributed by atoms with E-state index in [1.807, 2.05) is 31.2 Å². The van der Waals surface area contributed by atoms with Gasteiger partial charge in [-0.05, 0) is 41.8 Å². The zero-order valence-corrected chi connectivity index (χ0v) is 17.3. The number of hydrogen-bond acceptors (Lipinski definition) is 6. The predicted molar refractivity (Wildman–Crippen MR) is 112 cm³/mol. The molecule has 0 bridgehead atoms. The van der Waals surface area contributed by atoms with Crippen LogP contribution < -0.4 is 14.2 Å². The third kappa shape index (κ3) is 5.31. The van der Waals surface area contributed by atoms with Crippen LogP contribution in [-0.2, 0) is 20.9 Å². The highest BCUT2D eigenvalue weighted by molar-refractivity contribution is 5.89. The van der Waals surface area contributed by atoms with Gasteiger partial charge in [-0.2, -0.15) is 0 Å². The van der Waals surface area contributed by atoms with Crippen LogP contribution in [0.3, 0.4) is 0 Å². The molecule has 2 aromatic carbocycles. The van der Waals surface area contributed by atoms with Crippen LogP contribution >= 0.6 is 0 Å². The van der Waals surface area contributed by atoms with Crippen molar-refractivity contribution in [2.45, 2.75) is 13.5 Å². The van der Waals surface area contributed by atoms with Gasteiger partial charge in [-0.1, -0.05) is 24.3 Å². The molecule has 1 aliphatic heterocycles. The van der Waals surface area contributed by atoms with Gasteiger partial charge in [0, 0.05) is 19.7 Å². The Morgan fingerprint density at radius 1 is 1.17 bits per heavy atom. The fourth-order valence-corrected chi connectivity index (χ4v) is 2.98. The summed E-state index contributed by atoms with van der Waals surface area (Å²) in [6.45, 7) is 3.03. The number of esters is 1. The molecule has 0 unspecified atom stereocenters. The van der Waals surface area contributed by atoms with Crippen LogP contribution in [0.1, 0.15) is 16.7 Å². The van der Waals surface area contributed by atoms with Crippen molar-refractivity contribution in [1.29, 1.82) is 0 Å². The number of carbonyl (C=O) groups excluding carboxylic acids is 2. The molecule has 0 radical (unpaired) electrons. The summed E-state index contributed by atoms with van der Waals surface area (Å²) in [5.74, 6) is 0.739. The van der Waals surface area contributed by atoms with Gasteiger partial charge < -0.3 is 23.8 Å². The number of amides is 1. The third-order valence-electron chi connectivity index (χ3n) is 4.69. The maximum absolute atomic E-state index is 12.3. The molecule has 0 spiro atoms. The minimum atomic E-state index is -0.610. The lowest BCUT2D eigenvalue weighted by atomic mass is 10.1.